The number of fused-ring (bicyclic) bond motifs is 1. The number of aromatic nitrogens is 4. The standard InChI is InChI=1S/C12H19N5O/c1-7(2)5-6-13-11-15-12-14-9(4)8(3)10(18)17(12)16-11/h7H,5-6H2,1-4H3,(H2,13,14,15,16). The molecule has 0 bridgehead atoms. The maximum atomic E-state index is 12.0. The van der Waals surface area contributed by atoms with Gasteiger partial charge in [-0.3, -0.25) is 9.89 Å². The van der Waals surface area contributed by atoms with Crippen LogP contribution < -0.4 is 10.9 Å². The molecule has 0 saturated heterocycles. The molecule has 0 spiro atoms. The van der Waals surface area contributed by atoms with Gasteiger partial charge in [0.1, 0.15) is 0 Å². The first-order chi connectivity index (χ1) is 8.49. The Bertz CT molecular complexity index is 611. The monoisotopic (exact) mass is 249 g/mol. The van der Waals surface area contributed by atoms with Crippen molar-refractivity contribution >= 4 is 11.7 Å². The highest BCUT2D eigenvalue weighted by atomic mass is 16.1. The van der Waals surface area contributed by atoms with Gasteiger partial charge in [0.05, 0.1) is 0 Å². The van der Waals surface area contributed by atoms with E-state index in [0.717, 1.165) is 18.7 Å². The smallest absolute Gasteiger partial charge is 0.277 e. The summed E-state index contributed by atoms with van der Waals surface area (Å²) in [6.45, 7) is 8.74. The van der Waals surface area contributed by atoms with E-state index < -0.39 is 0 Å². The minimum Gasteiger partial charge on any atom is -0.355 e. The van der Waals surface area contributed by atoms with Crippen LogP contribution in [0.5, 0.6) is 0 Å². The van der Waals surface area contributed by atoms with Crippen molar-refractivity contribution in [1.82, 2.24) is 19.6 Å². The van der Waals surface area contributed by atoms with Crippen molar-refractivity contribution in [2.24, 2.45) is 5.92 Å². The van der Waals surface area contributed by atoms with E-state index in [1.165, 1.54) is 4.52 Å². The molecule has 0 aliphatic heterocycles. The Kier molecular flexibility index (Phi) is 3.36. The normalized spacial score (nSPS) is 11.4. The van der Waals surface area contributed by atoms with Gasteiger partial charge in [0, 0.05) is 17.8 Å². The van der Waals surface area contributed by atoms with Gasteiger partial charge in [-0.2, -0.15) is 9.50 Å². The van der Waals surface area contributed by atoms with E-state index in [2.05, 4.69) is 34.2 Å². The summed E-state index contributed by atoms with van der Waals surface area (Å²) in [6, 6.07) is 0. The van der Waals surface area contributed by atoms with E-state index in [1.807, 2.05) is 6.92 Å². The second-order valence-electron chi connectivity index (χ2n) is 4.94. The highest BCUT2D eigenvalue weighted by Crippen LogP contribution is 2.05. The number of rotatable bonds is 4. The summed E-state index contributed by atoms with van der Waals surface area (Å²) in [6.07, 6.45) is 1.05. The molecule has 18 heavy (non-hydrogen) atoms. The lowest BCUT2D eigenvalue weighted by molar-refractivity contribution is 0.606. The molecular weight excluding hydrogens is 230 g/mol. The number of aryl methyl sites for hydroxylation is 1. The zero-order valence-electron chi connectivity index (χ0n) is 11.2. The minimum absolute atomic E-state index is 0.0955. The number of hydrogen-bond donors (Lipinski definition) is 2. The maximum absolute atomic E-state index is 12.0. The molecule has 0 fully saturated rings. The fourth-order valence-electron chi connectivity index (χ4n) is 1.66. The molecule has 0 radical (unpaired) electrons. The Morgan fingerprint density at radius 2 is 2.06 bits per heavy atom. The first kappa shape index (κ1) is 12.6. The van der Waals surface area contributed by atoms with Gasteiger partial charge in [0.15, 0.2) is 0 Å². The molecule has 2 heterocycles. The predicted molar refractivity (Wildman–Crippen MR) is 71.0 cm³/mol. The predicted octanol–water partition coefficient (Wildman–Crippen LogP) is 1.49. The summed E-state index contributed by atoms with van der Waals surface area (Å²) >= 11 is 0. The van der Waals surface area contributed by atoms with Crippen LogP contribution in [0.15, 0.2) is 4.79 Å². The van der Waals surface area contributed by atoms with Crippen LogP contribution in [-0.2, 0) is 0 Å². The van der Waals surface area contributed by atoms with Gasteiger partial charge in [0.2, 0.25) is 5.95 Å². The average Bonchev–Trinajstić information content (AvgIpc) is 2.69. The van der Waals surface area contributed by atoms with Crippen LogP contribution in [0, 0.1) is 19.8 Å². The average molecular weight is 249 g/mol. The number of nitrogens with zero attached hydrogens (tertiary/aromatic N) is 3. The van der Waals surface area contributed by atoms with Crippen LogP contribution in [0.3, 0.4) is 0 Å². The Morgan fingerprint density at radius 1 is 1.33 bits per heavy atom. The second kappa shape index (κ2) is 4.80. The van der Waals surface area contributed by atoms with E-state index in [0.29, 0.717) is 23.2 Å². The lowest BCUT2D eigenvalue weighted by Gasteiger charge is -2.04. The van der Waals surface area contributed by atoms with Gasteiger partial charge in [-0.25, -0.2) is 4.98 Å². The summed E-state index contributed by atoms with van der Waals surface area (Å²) in [5.41, 5.74) is 1.27. The highest BCUT2D eigenvalue weighted by Gasteiger charge is 2.09. The molecule has 0 unspecified atom stereocenters. The SMILES string of the molecule is Cc1nc2nc(NCCC(C)C)[nH]n2c(=O)c1C. The van der Waals surface area contributed by atoms with Crippen molar-refractivity contribution < 1.29 is 0 Å². The molecular formula is C12H19N5O. The Balaban J connectivity index is 2.28. The topological polar surface area (TPSA) is 75.1 Å². The molecule has 0 aliphatic rings. The summed E-state index contributed by atoms with van der Waals surface area (Å²) < 4.78 is 1.38. The quantitative estimate of drug-likeness (QED) is 0.861. The molecule has 2 rings (SSSR count). The van der Waals surface area contributed by atoms with Crippen LogP contribution >= 0.6 is 0 Å². The molecule has 2 aromatic heterocycles. The lowest BCUT2D eigenvalue weighted by atomic mass is 10.1. The van der Waals surface area contributed by atoms with E-state index in [1.54, 1.807) is 6.92 Å². The van der Waals surface area contributed by atoms with E-state index in [4.69, 9.17) is 0 Å². The molecule has 6 heteroatoms. The summed E-state index contributed by atoms with van der Waals surface area (Å²) in [5, 5.41) is 6.09. The first-order valence-corrected chi connectivity index (χ1v) is 6.19. The molecule has 0 aliphatic carbocycles. The molecule has 6 nitrogen and oxygen atoms in total. The zero-order valence-corrected chi connectivity index (χ0v) is 11.2. The summed E-state index contributed by atoms with van der Waals surface area (Å²) in [5.74, 6) is 1.63. The molecule has 0 aromatic carbocycles. The van der Waals surface area contributed by atoms with Crippen molar-refractivity contribution in [2.75, 3.05) is 11.9 Å². The summed E-state index contributed by atoms with van der Waals surface area (Å²) in [7, 11) is 0. The summed E-state index contributed by atoms with van der Waals surface area (Å²) in [4.78, 5) is 20.5. The minimum atomic E-state index is -0.0955. The lowest BCUT2D eigenvalue weighted by Crippen LogP contribution is -2.19. The van der Waals surface area contributed by atoms with Gasteiger partial charge in [-0.05, 0) is 26.2 Å². The Hall–Kier alpha value is -1.85. The number of hydrogen-bond acceptors (Lipinski definition) is 4. The van der Waals surface area contributed by atoms with E-state index >= 15 is 0 Å². The van der Waals surface area contributed by atoms with Crippen molar-refractivity contribution in [3.8, 4) is 0 Å². The fourth-order valence-corrected chi connectivity index (χ4v) is 1.66. The van der Waals surface area contributed by atoms with Crippen molar-refractivity contribution in [2.45, 2.75) is 34.1 Å². The number of nitrogens with one attached hydrogen (secondary N) is 2. The van der Waals surface area contributed by atoms with E-state index in [-0.39, 0.29) is 5.56 Å². The third kappa shape index (κ3) is 2.37. The van der Waals surface area contributed by atoms with Crippen LogP contribution in [-0.4, -0.2) is 26.1 Å². The van der Waals surface area contributed by atoms with Crippen LogP contribution in [0.25, 0.3) is 5.78 Å². The Morgan fingerprint density at radius 3 is 2.72 bits per heavy atom. The third-order valence-corrected chi connectivity index (χ3v) is 2.98. The largest absolute Gasteiger partial charge is 0.355 e. The molecule has 98 valence electrons. The van der Waals surface area contributed by atoms with Crippen LogP contribution in [0.1, 0.15) is 31.5 Å². The van der Waals surface area contributed by atoms with Gasteiger partial charge in [-0.1, -0.05) is 13.8 Å². The number of H-pyrrole nitrogens is 1. The van der Waals surface area contributed by atoms with E-state index in [9.17, 15) is 4.79 Å². The Labute approximate surface area is 105 Å². The third-order valence-electron chi connectivity index (χ3n) is 2.98. The number of aromatic amines is 1. The van der Waals surface area contributed by atoms with Crippen molar-refractivity contribution in [3.63, 3.8) is 0 Å². The van der Waals surface area contributed by atoms with Crippen molar-refractivity contribution in [3.05, 3.63) is 21.6 Å². The fraction of sp³-hybridized carbons (Fsp3) is 0.583. The van der Waals surface area contributed by atoms with Gasteiger partial charge >= 0.3 is 0 Å². The number of anilines is 1. The van der Waals surface area contributed by atoms with Gasteiger partial charge in [0.25, 0.3) is 11.3 Å². The second-order valence-corrected chi connectivity index (χ2v) is 4.94. The van der Waals surface area contributed by atoms with Crippen LogP contribution in [0.2, 0.25) is 0 Å². The first-order valence-electron chi connectivity index (χ1n) is 6.19. The van der Waals surface area contributed by atoms with Crippen LogP contribution in [0.4, 0.5) is 5.95 Å². The molecule has 0 amide bonds. The molecule has 0 saturated carbocycles. The molecule has 2 aromatic rings. The van der Waals surface area contributed by atoms with Gasteiger partial charge in [-0.15, -0.1) is 0 Å². The van der Waals surface area contributed by atoms with Gasteiger partial charge < -0.3 is 5.32 Å². The molecule has 2 N–H and O–H groups in total. The molecule has 0 atom stereocenters. The van der Waals surface area contributed by atoms with Crippen molar-refractivity contribution in [1.29, 1.82) is 0 Å². The highest BCUT2D eigenvalue weighted by molar-refractivity contribution is 5.38. The zero-order chi connectivity index (χ0) is 13.3. The maximum Gasteiger partial charge on any atom is 0.277 e.